The molecule has 0 bridgehead atoms. The minimum Gasteiger partial charge on any atom is -0.315 e. The number of anilines is 1. The van der Waals surface area contributed by atoms with E-state index >= 15 is 0 Å². The Bertz CT molecular complexity index is 684. The van der Waals surface area contributed by atoms with Crippen molar-refractivity contribution in [2.45, 2.75) is 18.2 Å². The van der Waals surface area contributed by atoms with Crippen LogP contribution in [-0.2, 0) is 11.2 Å². The topological polar surface area (TPSA) is 20.3 Å². The highest BCUT2D eigenvalue weighted by atomic mass is 35.5. The van der Waals surface area contributed by atoms with Crippen LogP contribution in [0.1, 0.15) is 28.5 Å². The summed E-state index contributed by atoms with van der Waals surface area (Å²) in [5.41, 5.74) is 3.89. The molecule has 4 heteroatoms. The van der Waals surface area contributed by atoms with Gasteiger partial charge in [-0.1, -0.05) is 24.3 Å². The van der Waals surface area contributed by atoms with Gasteiger partial charge in [0.2, 0.25) is 5.91 Å². The van der Waals surface area contributed by atoms with Crippen LogP contribution in [0, 0.1) is 5.82 Å². The molecule has 0 aliphatic carbocycles. The van der Waals surface area contributed by atoms with Gasteiger partial charge >= 0.3 is 0 Å². The average Bonchev–Trinajstić information content (AvgIpc) is 2.51. The zero-order chi connectivity index (χ0) is 15.0. The summed E-state index contributed by atoms with van der Waals surface area (Å²) in [5.74, 6) is -0.135. The Labute approximate surface area is 128 Å². The molecule has 0 aromatic heterocycles. The maximum absolute atomic E-state index is 13.0. The largest absolute Gasteiger partial charge is 0.315 e. The van der Waals surface area contributed by atoms with E-state index in [4.69, 9.17) is 11.6 Å². The van der Waals surface area contributed by atoms with E-state index in [1.807, 2.05) is 18.2 Å². The number of halogens is 2. The molecular weight excluding hydrogens is 289 g/mol. The molecule has 0 radical (unpaired) electrons. The van der Waals surface area contributed by atoms with E-state index in [9.17, 15) is 9.18 Å². The standard InChI is InChI=1S/C17H15ClFNO/c1-20-15-8-4-13(10-12(15)5-9-16(20)21)17(18)11-2-6-14(19)7-3-11/h2-4,6-8,10,17H,5,9H2,1H3. The third-order valence-electron chi connectivity index (χ3n) is 3.90. The van der Waals surface area contributed by atoms with Crippen LogP contribution in [-0.4, -0.2) is 13.0 Å². The molecule has 0 spiro atoms. The number of rotatable bonds is 2. The third kappa shape index (κ3) is 2.66. The van der Waals surface area contributed by atoms with Gasteiger partial charge < -0.3 is 4.90 Å². The first-order valence-electron chi connectivity index (χ1n) is 6.85. The van der Waals surface area contributed by atoms with Gasteiger partial charge in [0.15, 0.2) is 0 Å². The van der Waals surface area contributed by atoms with Crippen LogP contribution >= 0.6 is 11.6 Å². The Hall–Kier alpha value is -1.87. The van der Waals surface area contributed by atoms with Gasteiger partial charge in [-0.2, -0.15) is 0 Å². The monoisotopic (exact) mass is 303 g/mol. The van der Waals surface area contributed by atoms with Crippen molar-refractivity contribution in [3.8, 4) is 0 Å². The Morgan fingerprint density at radius 1 is 1.10 bits per heavy atom. The lowest BCUT2D eigenvalue weighted by atomic mass is 9.96. The molecule has 2 aromatic rings. The molecule has 21 heavy (non-hydrogen) atoms. The fraction of sp³-hybridized carbons (Fsp3) is 0.235. The Morgan fingerprint density at radius 2 is 1.76 bits per heavy atom. The van der Waals surface area contributed by atoms with Gasteiger partial charge in [0, 0.05) is 19.2 Å². The van der Waals surface area contributed by atoms with Crippen LogP contribution in [0.25, 0.3) is 0 Å². The summed E-state index contributed by atoms with van der Waals surface area (Å²) in [6.45, 7) is 0. The number of benzene rings is 2. The van der Waals surface area contributed by atoms with Crippen molar-refractivity contribution < 1.29 is 9.18 Å². The van der Waals surface area contributed by atoms with Crippen LogP contribution < -0.4 is 4.90 Å². The molecule has 3 rings (SSSR count). The van der Waals surface area contributed by atoms with E-state index in [2.05, 4.69) is 0 Å². The molecule has 0 saturated carbocycles. The Kier molecular flexibility index (Phi) is 3.68. The van der Waals surface area contributed by atoms with E-state index < -0.39 is 0 Å². The van der Waals surface area contributed by atoms with E-state index in [0.29, 0.717) is 6.42 Å². The number of nitrogens with zero attached hydrogens (tertiary/aromatic N) is 1. The fourth-order valence-corrected chi connectivity index (χ4v) is 2.94. The minimum absolute atomic E-state index is 0.135. The average molecular weight is 304 g/mol. The molecule has 108 valence electrons. The van der Waals surface area contributed by atoms with Crippen molar-refractivity contribution in [3.63, 3.8) is 0 Å². The summed E-state index contributed by atoms with van der Waals surface area (Å²) in [4.78, 5) is 13.4. The van der Waals surface area contributed by atoms with Crippen LogP contribution in [0.2, 0.25) is 0 Å². The predicted molar refractivity (Wildman–Crippen MR) is 82.3 cm³/mol. The smallest absolute Gasteiger partial charge is 0.227 e. The van der Waals surface area contributed by atoms with Crippen molar-refractivity contribution in [1.82, 2.24) is 0 Å². The highest BCUT2D eigenvalue weighted by Gasteiger charge is 2.22. The maximum atomic E-state index is 13.0. The number of aryl methyl sites for hydroxylation is 1. The molecule has 1 heterocycles. The number of hydrogen-bond acceptors (Lipinski definition) is 1. The summed E-state index contributed by atoms with van der Waals surface area (Å²) >= 11 is 6.49. The van der Waals surface area contributed by atoms with Crippen molar-refractivity contribution in [1.29, 1.82) is 0 Å². The van der Waals surface area contributed by atoms with Crippen molar-refractivity contribution in [3.05, 3.63) is 65.0 Å². The Morgan fingerprint density at radius 3 is 2.48 bits per heavy atom. The van der Waals surface area contributed by atoms with Crippen molar-refractivity contribution >= 4 is 23.2 Å². The zero-order valence-electron chi connectivity index (χ0n) is 11.6. The van der Waals surface area contributed by atoms with Crippen LogP contribution in [0.3, 0.4) is 0 Å². The fourth-order valence-electron chi connectivity index (χ4n) is 2.66. The first-order chi connectivity index (χ1) is 10.1. The lowest BCUT2D eigenvalue weighted by Gasteiger charge is -2.26. The Balaban J connectivity index is 1.93. The third-order valence-corrected chi connectivity index (χ3v) is 4.41. The number of fused-ring (bicyclic) bond motifs is 1. The number of amides is 1. The molecule has 0 saturated heterocycles. The lowest BCUT2D eigenvalue weighted by molar-refractivity contribution is -0.118. The first-order valence-corrected chi connectivity index (χ1v) is 7.29. The maximum Gasteiger partial charge on any atom is 0.227 e. The van der Waals surface area contributed by atoms with Gasteiger partial charge in [0.25, 0.3) is 0 Å². The number of carbonyl (C=O) groups is 1. The van der Waals surface area contributed by atoms with Crippen LogP contribution in [0.4, 0.5) is 10.1 Å². The molecule has 2 aromatic carbocycles. The van der Waals surface area contributed by atoms with Crippen molar-refractivity contribution in [2.24, 2.45) is 0 Å². The SMILES string of the molecule is CN1C(=O)CCc2cc(C(Cl)c3ccc(F)cc3)ccc21. The summed E-state index contributed by atoms with van der Waals surface area (Å²) < 4.78 is 13.0. The van der Waals surface area contributed by atoms with Gasteiger partial charge in [-0.05, 0) is 41.3 Å². The predicted octanol–water partition coefficient (Wildman–Crippen LogP) is 4.06. The lowest BCUT2D eigenvalue weighted by Crippen LogP contribution is -2.31. The summed E-state index contributed by atoms with van der Waals surface area (Å²) in [5, 5.41) is -0.321. The highest BCUT2D eigenvalue weighted by Crippen LogP contribution is 2.34. The van der Waals surface area contributed by atoms with E-state index in [-0.39, 0.29) is 17.1 Å². The van der Waals surface area contributed by atoms with Gasteiger partial charge in [0.05, 0.1) is 5.38 Å². The molecule has 0 N–H and O–H groups in total. The van der Waals surface area contributed by atoms with Gasteiger partial charge in [-0.3, -0.25) is 4.79 Å². The normalized spacial score (nSPS) is 15.8. The molecule has 1 aliphatic heterocycles. The first kappa shape index (κ1) is 14.1. The molecule has 1 unspecified atom stereocenters. The molecule has 1 aliphatic rings. The van der Waals surface area contributed by atoms with Crippen LogP contribution in [0.5, 0.6) is 0 Å². The molecule has 1 atom stereocenters. The highest BCUT2D eigenvalue weighted by molar-refractivity contribution is 6.22. The summed E-state index contributed by atoms with van der Waals surface area (Å²) in [7, 11) is 1.79. The van der Waals surface area contributed by atoms with Gasteiger partial charge in [0.1, 0.15) is 5.82 Å². The molecule has 0 fully saturated rings. The zero-order valence-corrected chi connectivity index (χ0v) is 12.4. The van der Waals surface area contributed by atoms with E-state index in [0.717, 1.165) is 28.8 Å². The number of carbonyl (C=O) groups excluding carboxylic acids is 1. The second kappa shape index (κ2) is 5.49. The second-order valence-electron chi connectivity index (χ2n) is 5.26. The number of alkyl halides is 1. The van der Waals surface area contributed by atoms with E-state index in [1.165, 1.54) is 12.1 Å². The number of hydrogen-bond donors (Lipinski definition) is 0. The van der Waals surface area contributed by atoms with Gasteiger partial charge in [-0.15, -0.1) is 11.6 Å². The van der Waals surface area contributed by atoms with Gasteiger partial charge in [-0.25, -0.2) is 4.39 Å². The second-order valence-corrected chi connectivity index (χ2v) is 5.69. The van der Waals surface area contributed by atoms with Crippen LogP contribution in [0.15, 0.2) is 42.5 Å². The van der Waals surface area contributed by atoms with Crippen molar-refractivity contribution in [2.75, 3.05) is 11.9 Å². The quantitative estimate of drug-likeness (QED) is 0.766. The minimum atomic E-state index is -0.321. The van der Waals surface area contributed by atoms with E-state index in [1.54, 1.807) is 24.1 Å². The molecule has 1 amide bonds. The molecular formula is C17H15ClFNO. The summed E-state index contributed by atoms with van der Waals surface area (Å²) in [6, 6.07) is 12.1. The summed E-state index contributed by atoms with van der Waals surface area (Å²) in [6.07, 6.45) is 1.26. The molecule has 2 nitrogen and oxygen atoms in total.